The maximum Gasteiger partial charge on any atom is 0.263 e. The fraction of sp³-hybridized carbons (Fsp3) is 0. The second kappa shape index (κ2) is 6.65. The number of fused-ring (bicyclic) bond motifs is 6. The van der Waals surface area contributed by atoms with Crippen LogP contribution in [0.3, 0.4) is 0 Å². The van der Waals surface area contributed by atoms with Crippen molar-refractivity contribution in [1.82, 2.24) is 0 Å². The van der Waals surface area contributed by atoms with Crippen LogP contribution in [0.25, 0.3) is 21.5 Å². The number of carbonyl (C=O) groups is 2. The minimum atomic E-state index is -0.245. The van der Waals surface area contributed by atoms with E-state index in [-0.39, 0.29) is 11.8 Å². The molecule has 0 atom stereocenters. The molecule has 2 aliphatic rings. The lowest BCUT2D eigenvalue weighted by Gasteiger charge is -2.25. The van der Waals surface area contributed by atoms with Crippen LogP contribution in [0.2, 0.25) is 0 Å². The number of amides is 2. The number of thioether (sulfide) groups is 2. The van der Waals surface area contributed by atoms with Gasteiger partial charge in [0.05, 0.1) is 21.2 Å². The van der Waals surface area contributed by atoms with Crippen LogP contribution in [0.15, 0.2) is 92.4 Å². The van der Waals surface area contributed by atoms with Crippen molar-refractivity contribution in [3.8, 4) is 0 Å². The van der Waals surface area contributed by atoms with Gasteiger partial charge in [-0.05, 0) is 22.9 Å². The molecule has 30 heavy (non-hydrogen) atoms. The van der Waals surface area contributed by atoms with Crippen LogP contribution >= 0.6 is 23.5 Å². The zero-order valence-corrected chi connectivity index (χ0v) is 17.2. The number of carbonyl (C=O) groups excluding carboxylic acids is 2. The summed E-state index contributed by atoms with van der Waals surface area (Å²) in [6, 6.07) is 24.0. The van der Waals surface area contributed by atoms with Gasteiger partial charge in [0, 0.05) is 20.6 Å². The van der Waals surface area contributed by atoms with Crippen LogP contribution in [-0.4, -0.2) is 11.8 Å². The molecule has 2 heterocycles. The molecular weight excluding hydrogens is 412 g/mol. The molecule has 4 aromatic carbocycles. The number of hydrogen-bond acceptors (Lipinski definition) is 4. The van der Waals surface area contributed by atoms with Gasteiger partial charge in [-0.15, -0.1) is 0 Å². The maximum atomic E-state index is 13.0. The van der Waals surface area contributed by atoms with Crippen LogP contribution in [0.1, 0.15) is 0 Å². The van der Waals surface area contributed by atoms with E-state index in [0.717, 1.165) is 42.7 Å². The smallest absolute Gasteiger partial charge is 0.263 e. The fourth-order valence-electron chi connectivity index (χ4n) is 3.88. The molecule has 4 aromatic rings. The second-order valence-corrected chi connectivity index (χ2v) is 9.19. The van der Waals surface area contributed by atoms with E-state index >= 15 is 0 Å². The Morgan fingerprint density at radius 2 is 0.967 bits per heavy atom. The van der Waals surface area contributed by atoms with Crippen molar-refractivity contribution in [2.24, 2.45) is 0 Å². The molecule has 2 N–H and O–H groups in total. The lowest BCUT2D eigenvalue weighted by atomic mass is 10.1. The molecule has 2 amide bonds. The van der Waals surface area contributed by atoms with Crippen LogP contribution < -0.4 is 10.6 Å². The van der Waals surface area contributed by atoms with Crippen LogP contribution in [0.4, 0.5) is 11.4 Å². The van der Waals surface area contributed by atoms with Crippen LogP contribution in [0, 0.1) is 0 Å². The topological polar surface area (TPSA) is 58.2 Å². The molecule has 2 aliphatic heterocycles. The van der Waals surface area contributed by atoms with Gasteiger partial charge in [0.25, 0.3) is 11.8 Å². The Kier molecular flexibility index (Phi) is 3.91. The summed E-state index contributed by atoms with van der Waals surface area (Å²) in [6.07, 6.45) is 0. The summed E-state index contributed by atoms with van der Waals surface area (Å²) >= 11 is 2.71. The van der Waals surface area contributed by atoms with Gasteiger partial charge < -0.3 is 10.6 Å². The molecule has 0 aliphatic carbocycles. The highest BCUT2D eigenvalue weighted by molar-refractivity contribution is 8.08. The molecule has 0 unspecified atom stereocenters. The first-order valence-electron chi connectivity index (χ1n) is 9.45. The number of hydrogen-bond donors (Lipinski definition) is 2. The van der Waals surface area contributed by atoms with E-state index < -0.39 is 0 Å². The quantitative estimate of drug-likeness (QED) is 0.339. The lowest BCUT2D eigenvalue weighted by molar-refractivity contribution is -0.114. The molecule has 4 nitrogen and oxygen atoms in total. The molecule has 144 valence electrons. The van der Waals surface area contributed by atoms with Crippen molar-refractivity contribution >= 4 is 68.3 Å². The number of benzene rings is 4. The zero-order chi connectivity index (χ0) is 20.2. The molecule has 0 aromatic heterocycles. The van der Waals surface area contributed by atoms with Crippen molar-refractivity contribution in [1.29, 1.82) is 0 Å². The Morgan fingerprint density at radius 3 is 1.43 bits per heavy atom. The van der Waals surface area contributed by atoms with Gasteiger partial charge in [-0.1, -0.05) is 84.2 Å². The predicted molar refractivity (Wildman–Crippen MR) is 124 cm³/mol. The van der Waals surface area contributed by atoms with Crippen molar-refractivity contribution in [2.75, 3.05) is 10.6 Å². The van der Waals surface area contributed by atoms with E-state index in [2.05, 4.69) is 10.6 Å². The zero-order valence-electron chi connectivity index (χ0n) is 15.6. The van der Waals surface area contributed by atoms with Gasteiger partial charge >= 0.3 is 0 Å². The van der Waals surface area contributed by atoms with E-state index in [1.54, 1.807) is 0 Å². The van der Waals surface area contributed by atoms with E-state index in [1.807, 2.05) is 72.8 Å². The standard InChI is InChI=1S/C24H14N2O2S2/c27-23-21(29-17-11-9-13-5-1-3-7-15(13)19(17)25-23)22-24(28)26-20-16-8-4-2-6-14(16)10-12-18(20)30-22/h1-12H,(H,25,27)(H,26,28). The van der Waals surface area contributed by atoms with Gasteiger partial charge in [-0.3, -0.25) is 9.59 Å². The lowest BCUT2D eigenvalue weighted by Crippen LogP contribution is -2.24. The van der Waals surface area contributed by atoms with Crippen molar-refractivity contribution < 1.29 is 9.59 Å². The summed E-state index contributed by atoms with van der Waals surface area (Å²) in [5, 5.41) is 10.2. The highest BCUT2D eigenvalue weighted by Gasteiger charge is 2.32. The van der Waals surface area contributed by atoms with Crippen molar-refractivity contribution in [2.45, 2.75) is 9.79 Å². The third-order valence-electron chi connectivity index (χ3n) is 5.30. The SMILES string of the molecule is O=C1Nc2c(ccc3ccccc23)SC1=C1Sc2ccc3ccccc3c2NC1=O. The molecule has 0 saturated heterocycles. The highest BCUT2D eigenvalue weighted by atomic mass is 32.2. The van der Waals surface area contributed by atoms with Crippen LogP contribution in [0.5, 0.6) is 0 Å². The van der Waals surface area contributed by atoms with Gasteiger partial charge in [0.1, 0.15) is 0 Å². The number of nitrogens with one attached hydrogen (secondary N) is 2. The first kappa shape index (κ1) is 17.6. The largest absolute Gasteiger partial charge is 0.320 e. The molecule has 0 saturated carbocycles. The predicted octanol–water partition coefficient (Wildman–Crippen LogP) is 5.99. The summed E-state index contributed by atoms with van der Waals surface area (Å²) < 4.78 is 0. The first-order chi connectivity index (χ1) is 14.7. The van der Waals surface area contributed by atoms with Crippen LogP contribution in [-0.2, 0) is 9.59 Å². The Bertz CT molecular complexity index is 1330. The van der Waals surface area contributed by atoms with Gasteiger partial charge in [-0.25, -0.2) is 0 Å². The van der Waals surface area contributed by atoms with Crippen molar-refractivity contribution in [3.05, 3.63) is 82.6 Å². The van der Waals surface area contributed by atoms with Gasteiger partial charge in [-0.2, -0.15) is 0 Å². The molecule has 6 heteroatoms. The summed E-state index contributed by atoms with van der Waals surface area (Å²) in [5.41, 5.74) is 1.61. The summed E-state index contributed by atoms with van der Waals surface area (Å²) in [4.78, 5) is 28.7. The first-order valence-corrected chi connectivity index (χ1v) is 11.1. The Labute approximate surface area is 180 Å². The number of anilines is 2. The number of rotatable bonds is 0. The third-order valence-corrected chi connectivity index (χ3v) is 7.74. The molecule has 0 bridgehead atoms. The van der Waals surface area contributed by atoms with Gasteiger partial charge in [0.2, 0.25) is 0 Å². The summed E-state index contributed by atoms with van der Waals surface area (Å²) in [7, 11) is 0. The third kappa shape index (κ3) is 2.65. The van der Waals surface area contributed by atoms with E-state index in [4.69, 9.17) is 0 Å². The maximum absolute atomic E-state index is 13.0. The minimum Gasteiger partial charge on any atom is -0.320 e. The Balaban J connectivity index is 1.46. The minimum absolute atomic E-state index is 0.245. The molecule has 0 radical (unpaired) electrons. The van der Waals surface area contributed by atoms with Gasteiger partial charge in [0.15, 0.2) is 0 Å². The monoisotopic (exact) mass is 426 g/mol. The van der Waals surface area contributed by atoms with E-state index in [9.17, 15) is 9.59 Å². The van der Waals surface area contributed by atoms with Crippen molar-refractivity contribution in [3.63, 3.8) is 0 Å². The molecule has 0 spiro atoms. The summed E-state index contributed by atoms with van der Waals surface area (Å²) in [5.74, 6) is -0.489. The fourth-order valence-corrected chi connectivity index (χ4v) is 6.03. The molecular formula is C24H14N2O2S2. The van der Waals surface area contributed by atoms with E-state index in [0.29, 0.717) is 9.81 Å². The Hall–Kier alpha value is -3.22. The van der Waals surface area contributed by atoms with E-state index in [1.165, 1.54) is 23.5 Å². The second-order valence-electron chi connectivity index (χ2n) is 7.09. The molecule has 0 fully saturated rings. The average Bonchev–Trinajstić information content (AvgIpc) is 2.78. The molecule has 6 rings (SSSR count). The average molecular weight is 427 g/mol. The Morgan fingerprint density at radius 1 is 0.533 bits per heavy atom. The normalized spacial score (nSPS) is 18.0. The highest BCUT2D eigenvalue weighted by Crippen LogP contribution is 2.49. The summed E-state index contributed by atoms with van der Waals surface area (Å²) in [6.45, 7) is 0.